The van der Waals surface area contributed by atoms with Crippen LogP contribution >= 0.6 is 22.9 Å². The van der Waals surface area contributed by atoms with Gasteiger partial charge in [0.1, 0.15) is 16.5 Å². The Morgan fingerprint density at radius 1 is 1.11 bits per heavy atom. The first kappa shape index (κ1) is 24.5. The van der Waals surface area contributed by atoms with Gasteiger partial charge in [0, 0.05) is 21.2 Å². The van der Waals surface area contributed by atoms with Crippen molar-refractivity contribution >= 4 is 45.7 Å². The summed E-state index contributed by atoms with van der Waals surface area (Å²) < 4.78 is 6.00. The van der Waals surface area contributed by atoms with Crippen LogP contribution in [-0.2, 0) is 12.8 Å². The van der Waals surface area contributed by atoms with Crippen LogP contribution in [0.4, 0.5) is 10.7 Å². The largest absolute Gasteiger partial charge is 0.455 e. The first-order valence-electron chi connectivity index (χ1n) is 12.2. The summed E-state index contributed by atoms with van der Waals surface area (Å²) in [4.78, 5) is 19.5. The zero-order valence-corrected chi connectivity index (χ0v) is 22.2. The first-order chi connectivity index (χ1) is 17.3. The summed E-state index contributed by atoms with van der Waals surface area (Å²) in [5.74, 6) is 1.81. The van der Waals surface area contributed by atoms with Gasteiger partial charge in [0.05, 0.1) is 11.8 Å². The van der Waals surface area contributed by atoms with Gasteiger partial charge in [0.2, 0.25) is 0 Å². The topological polar surface area (TPSA) is 54.6 Å². The number of hydrogen-bond acceptors (Lipinski definition) is 4. The van der Waals surface area contributed by atoms with Gasteiger partial charge in [-0.05, 0) is 72.6 Å². The highest BCUT2D eigenvalue weighted by Gasteiger charge is 2.33. The molecule has 36 heavy (non-hydrogen) atoms. The average molecular weight is 517 g/mol. The Morgan fingerprint density at radius 3 is 2.67 bits per heavy atom. The highest BCUT2D eigenvalue weighted by atomic mass is 35.5. The summed E-state index contributed by atoms with van der Waals surface area (Å²) >= 11 is 7.76. The van der Waals surface area contributed by atoms with E-state index in [0.29, 0.717) is 22.3 Å². The van der Waals surface area contributed by atoms with Crippen molar-refractivity contribution in [2.45, 2.75) is 40.0 Å². The molecule has 0 saturated carbocycles. The zero-order chi connectivity index (χ0) is 25.3. The van der Waals surface area contributed by atoms with Crippen LogP contribution in [0.25, 0.3) is 11.3 Å². The van der Waals surface area contributed by atoms with Gasteiger partial charge in [-0.25, -0.2) is 4.99 Å². The molecule has 6 heteroatoms. The molecule has 0 aliphatic heterocycles. The van der Waals surface area contributed by atoms with E-state index in [0.717, 1.165) is 46.8 Å². The lowest BCUT2D eigenvalue weighted by atomic mass is 9.72. The molecular weight excluding hydrogens is 488 g/mol. The van der Waals surface area contributed by atoms with Gasteiger partial charge < -0.3 is 9.73 Å². The Labute approximate surface area is 221 Å². The first-order valence-corrected chi connectivity index (χ1v) is 13.4. The number of carbonyl (C=O) groups is 1. The predicted octanol–water partition coefficient (Wildman–Crippen LogP) is 8.82. The van der Waals surface area contributed by atoms with Crippen LogP contribution in [0.2, 0.25) is 5.02 Å². The van der Waals surface area contributed by atoms with E-state index in [1.807, 2.05) is 66.7 Å². The van der Waals surface area contributed by atoms with Crippen LogP contribution in [-0.4, -0.2) is 12.1 Å². The molecule has 1 aliphatic rings. The third-order valence-electron chi connectivity index (χ3n) is 6.78. The number of thiophene rings is 1. The maximum absolute atomic E-state index is 13.5. The summed E-state index contributed by atoms with van der Waals surface area (Å²) in [6.07, 6.45) is 4.64. The Bertz CT molecular complexity index is 1410. The number of furan rings is 1. The fourth-order valence-corrected chi connectivity index (χ4v) is 6.15. The zero-order valence-electron chi connectivity index (χ0n) is 20.7. The quantitative estimate of drug-likeness (QED) is 0.269. The highest BCUT2D eigenvalue weighted by Crippen LogP contribution is 2.45. The molecule has 1 aliphatic carbocycles. The van der Waals surface area contributed by atoms with Gasteiger partial charge in [-0.15, -0.1) is 11.3 Å². The smallest absolute Gasteiger partial charge is 0.259 e. The number of amides is 1. The molecule has 0 saturated heterocycles. The summed E-state index contributed by atoms with van der Waals surface area (Å²) in [7, 11) is 0. The second-order valence-electron chi connectivity index (χ2n) is 10.3. The van der Waals surface area contributed by atoms with E-state index >= 15 is 0 Å². The van der Waals surface area contributed by atoms with Crippen molar-refractivity contribution in [2.75, 3.05) is 5.32 Å². The molecule has 2 heterocycles. The normalized spacial score (nSPS) is 15.7. The summed E-state index contributed by atoms with van der Waals surface area (Å²) in [6.45, 7) is 6.90. The van der Waals surface area contributed by atoms with Gasteiger partial charge in [0.15, 0.2) is 0 Å². The summed E-state index contributed by atoms with van der Waals surface area (Å²) in [6, 6.07) is 20.9. The van der Waals surface area contributed by atoms with Crippen LogP contribution in [0.3, 0.4) is 0 Å². The van der Waals surface area contributed by atoms with Crippen LogP contribution in [0, 0.1) is 11.3 Å². The number of rotatable bonds is 5. The fraction of sp³-hybridized carbons (Fsp3) is 0.267. The van der Waals surface area contributed by atoms with E-state index in [1.165, 1.54) is 4.88 Å². The van der Waals surface area contributed by atoms with Crippen molar-refractivity contribution in [1.29, 1.82) is 0 Å². The van der Waals surface area contributed by atoms with Crippen molar-refractivity contribution in [2.24, 2.45) is 16.3 Å². The van der Waals surface area contributed by atoms with E-state index in [9.17, 15) is 4.79 Å². The second kappa shape index (κ2) is 10.1. The second-order valence-corrected chi connectivity index (χ2v) is 11.8. The van der Waals surface area contributed by atoms with E-state index in [1.54, 1.807) is 17.6 Å². The number of aliphatic imine (C=N–C) groups is 1. The molecule has 0 spiro atoms. The lowest BCUT2D eigenvalue weighted by Gasteiger charge is -2.33. The van der Waals surface area contributed by atoms with Crippen molar-refractivity contribution in [3.63, 3.8) is 0 Å². The molecule has 2 aromatic carbocycles. The van der Waals surface area contributed by atoms with Crippen molar-refractivity contribution in [3.8, 4) is 11.3 Å². The number of benzene rings is 2. The minimum Gasteiger partial charge on any atom is -0.455 e. The maximum Gasteiger partial charge on any atom is 0.259 e. The van der Waals surface area contributed by atoms with Gasteiger partial charge in [0.25, 0.3) is 5.91 Å². The molecule has 5 rings (SSSR count). The molecule has 1 amide bonds. The fourth-order valence-electron chi connectivity index (χ4n) is 4.69. The monoisotopic (exact) mass is 516 g/mol. The van der Waals surface area contributed by atoms with Gasteiger partial charge in [-0.1, -0.05) is 62.7 Å². The molecule has 4 nitrogen and oxygen atoms in total. The predicted molar refractivity (Wildman–Crippen MR) is 150 cm³/mol. The van der Waals surface area contributed by atoms with Crippen molar-refractivity contribution < 1.29 is 9.21 Å². The molecule has 0 unspecified atom stereocenters. The number of para-hydroxylation sites is 1. The van der Waals surface area contributed by atoms with E-state index < -0.39 is 0 Å². The Morgan fingerprint density at radius 2 is 1.92 bits per heavy atom. The van der Waals surface area contributed by atoms with Crippen molar-refractivity contribution in [3.05, 3.63) is 93.5 Å². The molecular formula is C30H29ClN2O2S. The molecule has 4 aromatic rings. The van der Waals surface area contributed by atoms with Gasteiger partial charge >= 0.3 is 0 Å². The third kappa shape index (κ3) is 5.32. The average Bonchev–Trinajstić information content (AvgIpc) is 3.47. The number of carbonyl (C=O) groups excluding carboxylic acids is 1. The summed E-state index contributed by atoms with van der Waals surface area (Å²) in [5.41, 5.74) is 3.73. The molecule has 2 aromatic heterocycles. The molecule has 184 valence electrons. The minimum absolute atomic E-state index is 0.112. The third-order valence-corrected chi connectivity index (χ3v) is 8.17. The number of hydrogen-bond donors (Lipinski definition) is 1. The Kier molecular flexibility index (Phi) is 6.87. The number of nitrogens with zero attached hydrogens (tertiary/aromatic N) is 1. The Balaban J connectivity index is 1.47. The summed E-state index contributed by atoms with van der Waals surface area (Å²) in [5, 5.41) is 4.45. The van der Waals surface area contributed by atoms with Crippen LogP contribution in [0.15, 0.2) is 76.1 Å². The molecule has 0 fully saturated rings. The van der Waals surface area contributed by atoms with Crippen molar-refractivity contribution in [1.82, 2.24) is 0 Å². The molecule has 1 N–H and O–H groups in total. The number of halogens is 1. The lowest BCUT2D eigenvalue weighted by Crippen LogP contribution is -2.27. The van der Waals surface area contributed by atoms with Crippen LogP contribution in [0.5, 0.6) is 0 Å². The highest BCUT2D eigenvalue weighted by molar-refractivity contribution is 7.16. The number of fused-ring (bicyclic) bond motifs is 1. The van der Waals surface area contributed by atoms with E-state index in [2.05, 4.69) is 26.1 Å². The SMILES string of the molecule is CC(C)(C)[C@H]1CCc2c(sc(N=Cc3ccc(-c4cccc(Cl)c4)o3)c2C(=O)Nc2ccccc2)C1. The van der Waals surface area contributed by atoms with E-state index in [4.69, 9.17) is 21.0 Å². The standard InChI is InChI=1S/C30H29ClN2O2S/c1-30(2,3)20-12-14-24-26(17-20)36-29(27(24)28(34)33-22-10-5-4-6-11-22)32-18-23-13-15-25(35-23)19-8-7-9-21(31)16-19/h4-11,13,15-16,18,20H,12,14,17H2,1-3H3,(H,33,34)/t20-/m0/s1. The number of anilines is 1. The minimum atomic E-state index is -0.112. The van der Waals surface area contributed by atoms with Crippen LogP contribution in [0.1, 0.15) is 53.8 Å². The van der Waals surface area contributed by atoms with E-state index in [-0.39, 0.29) is 11.3 Å². The van der Waals surface area contributed by atoms with Crippen LogP contribution < -0.4 is 5.32 Å². The Hall–Kier alpha value is -3.15. The molecule has 1 atom stereocenters. The molecule has 0 radical (unpaired) electrons. The number of nitrogens with one attached hydrogen (secondary N) is 1. The van der Waals surface area contributed by atoms with Gasteiger partial charge in [-0.3, -0.25) is 4.79 Å². The molecule has 0 bridgehead atoms. The van der Waals surface area contributed by atoms with Gasteiger partial charge in [-0.2, -0.15) is 0 Å². The lowest BCUT2D eigenvalue weighted by molar-refractivity contribution is 0.102. The maximum atomic E-state index is 13.5.